The summed E-state index contributed by atoms with van der Waals surface area (Å²) in [6.45, 7) is 0. The zero-order chi connectivity index (χ0) is 29.5. The Morgan fingerprint density at radius 3 is 2.23 bits per heavy atom. The van der Waals surface area contributed by atoms with E-state index >= 15 is 0 Å². The molecule has 0 bridgehead atoms. The van der Waals surface area contributed by atoms with Crippen LogP contribution >= 0.6 is 23.2 Å². The highest BCUT2D eigenvalue weighted by atomic mass is 35.5. The van der Waals surface area contributed by atoms with Crippen molar-refractivity contribution in [3.63, 3.8) is 0 Å². The van der Waals surface area contributed by atoms with E-state index in [2.05, 4.69) is 0 Å². The Hall–Kier alpha value is -3.51. The number of hydrogen-bond acceptors (Lipinski definition) is 8. The number of nitrogens with two attached hydrogens (primary N) is 1. The Labute approximate surface area is 241 Å². The number of primary amides is 1. The number of hydrogen-bond donors (Lipinski definition) is 2. The van der Waals surface area contributed by atoms with Crippen molar-refractivity contribution in [2.75, 3.05) is 25.6 Å². The molecule has 0 radical (unpaired) electrons. The molecule has 2 unspecified atom stereocenters. The Bertz CT molecular complexity index is 1600. The highest BCUT2D eigenvalue weighted by Crippen LogP contribution is 2.59. The fraction of sp³-hybridized carbons (Fsp3) is 0.259. The molecular weight excluding hydrogens is 583 g/mol. The smallest absolute Gasteiger partial charge is 0.305 e. The normalized spacial score (nSPS) is 20.1. The van der Waals surface area contributed by atoms with Crippen LogP contribution in [0.15, 0.2) is 65.6 Å². The lowest BCUT2D eigenvalue weighted by molar-refractivity contribution is -0.142. The van der Waals surface area contributed by atoms with Gasteiger partial charge < -0.3 is 25.1 Å². The minimum atomic E-state index is -4.72. The molecule has 0 spiro atoms. The molecule has 0 aliphatic carbocycles. The van der Waals surface area contributed by atoms with E-state index < -0.39 is 45.9 Å². The summed E-state index contributed by atoms with van der Waals surface area (Å²) < 4.78 is 45.1. The fourth-order valence-corrected chi connectivity index (χ4v) is 7.45. The lowest BCUT2D eigenvalue weighted by atomic mass is 9.70. The number of halogens is 2. The monoisotopic (exact) mass is 608 g/mol. The van der Waals surface area contributed by atoms with Crippen molar-refractivity contribution in [2.45, 2.75) is 28.9 Å². The third kappa shape index (κ3) is 4.33. The number of sulfonamides is 1. The van der Waals surface area contributed by atoms with Gasteiger partial charge in [0.25, 0.3) is 10.0 Å². The molecule has 0 saturated carbocycles. The maximum absolute atomic E-state index is 14.5. The van der Waals surface area contributed by atoms with Gasteiger partial charge in [0.05, 0.1) is 31.9 Å². The van der Waals surface area contributed by atoms with Gasteiger partial charge >= 0.3 is 5.97 Å². The number of nitrogens with zero attached hydrogens (tertiary/aromatic N) is 1. The van der Waals surface area contributed by atoms with Crippen LogP contribution in [0.1, 0.15) is 24.0 Å². The largest absolute Gasteiger partial charge is 0.493 e. The lowest BCUT2D eigenvalue weighted by Crippen LogP contribution is -2.67. The number of rotatable bonds is 9. The van der Waals surface area contributed by atoms with Gasteiger partial charge in [0.15, 0.2) is 22.6 Å². The minimum absolute atomic E-state index is 0.0185. The molecule has 1 heterocycles. The summed E-state index contributed by atoms with van der Waals surface area (Å²) in [4.78, 5) is 25.7. The van der Waals surface area contributed by atoms with Crippen molar-refractivity contribution in [1.29, 1.82) is 0 Å². The maximum atomic E-state index is 14.5. The van der Waals surface area contributed by atoms with Crippen LogP contribution in [-0.4, -0.2) is 52.3 Å². The summed E-state index contributed by atoms with van der Waals surface area (Å²) >= 11 is 12.9. The molecular formula is C27H26Cl2N2O8S. The van der Waals surface area contributed by atoms with Gasteiger partial charge in [-0.25, -0.2) is 12.7 Å². The molecule has 4 rings (SSSR count). The van der Waals surface area contributed by atoms with Crippen LogP contribution in [0.3, 0.4) is 0 Å². The van der Waals surface area contributed by atoms with Crippen LogP contribution in [0.2, 0.25) is 10.0 Å². The van der Waals surface area contributed by atoms with E-state index in [0.29, 0.717) is 0 Å². The first-order valence-electron chi connectivity index (χ1n) is 11.8. The van der Waals surface area contributed by atoms with Gasteiger partial charge in [-0.3, -0.25) is 9.59 Å². The van der Waals surface area contributed by atoms with E-state index in [0.717, 1.165) is 11.4 Å². The molecule has 10 nitrogen and oxygen atoms in total. The average Bonchev–Trinajstić information content (AvgIpc) is 3.17. The van der Waals surface area contributed by atoms with Crippen molar-refractivity contribution in [3.05, 3.63) is 81.8 Å². The van der Waals surface area contributed by atoms with Crippen LogP contribution in [0, 0.1) is 0 Å². The first-order valence-corrected chi connectivity index (χ1v) is 14.0. The van der Waals surface area contributed by atoms with Crippen molar-refractivity contribution in [2.24, 2.45) is 5.73 Å². The highest BCUT2D eigenvalue weighted by molar-refractivity contribution is 7.93. The van der Waals surface area contributed by atoms with Gasteiger partial charge in [-0.15, -0.1) is 0 Å². The van der Waals surface area contributed by atoms with Crippen LogP contribution in [0.25, 0.3) is 0 Å². The summed E-state index contributed by atoms with van der Waals surface area (Å²) in [5.41, 5.74) is 0.863. The number of aliphatic hydroxyl groups is 1. The molecule has 1 amide bonds. The molecule has 212 valence electrons. The summed E-state index contributed by atoms with van der Waals surface area (Å²) in [5.74, 6) is -1.65. The van der Waals surface area contributed by atoms with Gasteiger partial charge in [0, 0.05) is 33.7 Å². The molecule has 0 aromatic heterocycles. The number of amides is 1. The summed E-state index contributed by atoms with van der Waals surface area (Å²) in [7, 11) is -0.858. The van der Waals surface area contributed by atoms with Crippen LogP contribution in [0.5, 0.6) is 11.5 Å². The molecule has 0 fully saturated rings. The van der Waals surface area contributed by atoms with Gasteiger partial charge in [0.2, 0.25) is 5.91 Å². The minimum Gasteiger partial charge on any atom is -0.493 e. The Morgan fingerprint density at radius 2 is 1.62 bits per heavy atom. The predicted molar refractivity (Wildman–Crippen MR) is 148 cm³/mol. The number of ether oxygens (including phenoxy) is 3. The number of carbonyl (C=O) groups is 2. The molecule has 3 aromatic rings. The lowest BCUT2D eigenvalue weighted by Gasteiger charge is -2.45. The summed E-state index contributed by atoms with van der Waals surface area (Å²) in [6, 6.07) is 14.0. The number of benzene rings is 3. The molecule has 3 N–H and O–H groups in total. The third-order valence-electron chi connectivity index (χ3n) is 7.00. The van der Waals surface area contributed by atoms with E-state index in [1.54, 1.807) is 12.1 Å². The van der Waals surface area contributed by atoms with Gasteiger partial charge in [-0.05, 0) is 42.8 Å². The molecule has 1 aliphatic rings. The van der Waals surface area contributed by atoms with Gasteiger partial charge in [-0.2, -0.15) is 0 Å². The van der Waals surface area contributed by atoms with E-state index in [4.69, 9.17) is 43.1 Å². The number of anilines is 1. The zero-order valence-electron chi connectivity index (χ0n) is 21.7. The molecule has 1 aliphatic heterocycles. The van der Waals surface area contributed by atoms with Crippen LogP contribution < -0.4 is 19.5 Å². The second-order valence-electron chi connectivity index (χ2n) is 8.94. The number of fused-ring (bicyclic) bond motifs is 1. The topological polar surface area (TPSA) is 145 Å². The first kappa shape index (κ1) is 29.5. The second-order valence-corrected chi connectivity index (χ2v) is 11.6. The zero-order valence-corrected chi connectivity index (χ0v) is 24.0. The SMILES string of the molecule is COC(=O)CCC1(C(N)=O)N(S(=O)(=O)c2ccc(OC)c(OC)c2)c2ccc(Cl)cc2C1(O)c1ccccc1Cl. The molecule has 0 saturated heterocycles. The van der Waals surface area contributed by atoms with Crippen molar-refractivity contribution in [3.8, 4) is 11.5 Å². The number of carbonyl (C=O) groups excluding carboxylic acids is 2. The first-order chi connectivity index (χ1) is 18.9. The van der Waals surface area contributed by atoms with Gasteiger partial charge in [-0.1, -0.05) is 41.4 Å². The number of esters is 1. The quantitative estimate of drug-likeness (QED) is 0.350. The Morgan fingerprint density at radius 1 is 0.950 bits per heavy atom. The maximum Gasteiger partial charge on any atom is 0.305 e. The summed E-state index contributed by atoms with van der Waals surface area (Å²) in [5, 5.41) is 12.9. The van der Waals surface area contributed by atoms with E-state index in [9.17, 15) is 23.1 Å². The fourth-order valence-electron chi connectivity index (χ4n) is 5.16. The van der Waals surface area contributed by atoms with E-state index in [-0.39, 0.29) is 43.3 Å². The average molecular weight is 609 g/mol. The van der Waals surface area contributed by atoms with Crippen molar-refractivity contribution in [1.82, 2.24) is 0 Å². The van der Waals surface area contributed by atoms with E-state index in [1.807, 2.05) is 0 Å². The van der Waals surface area contributed by atoms with Crippen molar-refractivity contribution >= 4 is 50.8 Å². The predicted octanol–water partition coefficient (Wildman–Crippen LogP) is 3.63. The van der Waals surface area contributed by atoms with Crippen LogP contribution in [-0.2, 0) is 30.0 Å². The number of methoxy groups -OCH3 is 3. The molecule has 3 aromatic carbocycles. The van der Waals surface area contributed by atoms with Crippen molar-refractivity contribution < 1.29 is 37.3 Å². The van der Waals surface area contributed by atoms with Crippen LogP contribution in [0.4, 0.5) is 5.69 Å². The molecule has 13 heteroatoms. The third-order valence-corrected chi connectivity index (χ3v) is 9.40. The van der Waals surface area contributed by atoms with Gasteiger partial charge in [0.1, 0.15) is 0 Å². The second kappa shape index (κ2) is 10.8. The Balaban J connectivity index is 2.14. The highest BCUT2D eigenvalue weighted by Gasteiger charge is 2.69. The standard InChI is InChI=1S/C27H26Cl2N2O8S/c1-37-22-11-9-17(15-23(22)38-2)40(35,36)31-21-10-8-16(28)14-19(21)27(34,18-6-4-5-7-20(18)29)26(31,25(30)33)13-12-24(32)39-3/h4-11,14-15,34H,12-13H2,1-3H3,(H2,30,33). The molecule has 40 heavy (non-hydrogen) atoms. The molecule has 2 atom stereocenters. The summed E-state index contributed by atoms with van der Waals surface area (Å²) in [6.07, 6.45) is -1.05. The Kier molecular flexibility index (Phi) is 7.97. The van der Waals surface area contributed by atoms with E-state index in [1.165, 1.54) is 62.8 Å².